The second-order valence-electron chi connectivity index (χ2n) is 2.82. The summed E-state index contributed by atoms with van der Waals surface area (Å²) >= 11 is 3.16. The Morgan fingerprint density at radius 1 is 1.36 bits per heavy atom. The second kappa shape index (κ2) is 5.81. The van der Waals surface area contributed by atoms with E-state index in [1.165, 1.54) is 0 Å². The molecule has 0 saturated heterocycles. The van der Waals surface area contributed by atoms with Gasteiger partial charge in [0.15, 0.2) is 0 Å². The molecule has 0 amide bonds. The van der Waals surface area contributed by atoms with Gasteiger partial charge in [-0.15, -0.1) is 0 Å². The summed E-state index contributed by atoms with van der Waals surface area (Å²) in [6.45, 7) is 2.22. The van der Waals surface area contributed by atoms with Crippen molar-refractivity contribution in [1.82, 2.24) is 0 Å². The van der Waals surface area contributed by atoms with E-state index in [9.17, 15) is 4.79 Å². The normalized spacial score (nSPS) is 10.2. The molecular formula is C11H12BrO2. The third kappa shape index (κ3) is 3.50. The van der Waals surface area contributed by atoms with E-state index in [0.717, 1.165) is 5.56 Å². The van der Waals surface area contributed by atoms with Crippen LogP contribution in [0.3, 0.4) is 0 Å². The van der Waals surface area contributed by atoms with Gasteiger partial charge < -0.3 is 4.74 Å². The fourth-order valence-corrected chi connectivity index (χ4v) is 1.06. The van der Waals surface area contributed by atoms with Crippen molar-refractivity contribution in [1.29, 1.82) is 0 Å². The van der Waals surface area contributed by atoms with Crippen LogP contribution in [0.2, 0.25) is 0 Å². The Morgan fingerprint density at radius 3 is 2.57 bits per heavy atom. The molecule has 0 heterocycles. The second-order valence-corrected chi connectivity index (χ2v) is 3.78. The molecule has 1 radical (unpaired) electrons. The number of benzene rings is 1. The number of hydrogen-bond donors (Lipinski definition) is 0. The van der Waals surface area contributed by atoms with Gasteiger partial charge in [0, 0.05) is 0 Å². The maximum Gasteiger partial charge on any atom is 0.325 e. The molecule has 3 heteroatoms. The number of ether oxygens (including phenoxy) is 1. The Labute approximate surface area is 92.4 Å². The summed E-state index contributed by atoms with van der Waals surface area (Å²) in [7, 11) is 0. The summed E-state index contributed by atoms with van der Waals surface area (Å²) in [5.74, 6) is -0.281. The highest BCUT2D eigenvalue weighted by Gasteiger charge is 2.14. The molecule has 0 spiro atoms. The molecular weight excluding hydrogens is 244 g/mol. The van der Waals surface area contributed by atoms with E-state index in [1.807, 2.05) is 37.3 Å². The molecule has 0 aliphatic heterocycles. The monoisotopic (exact) mass is 255 g/mol. The van der Waals surface area contributed by atoms with E-state index in [1.54, 1.807) is 0 Å². The fourth-order valence-electron chi connectivity index (χ4n) is 0.946. The van der Waals surface area contributed by atoms with Gasteiger partial charge in [0.1, 0.15) is 11.4 Å². The zero-order valence-electron chi connectivity index (χ0n) is 8.00. The van der Waals surface area contributed by atoms with Crippen molar-refractivity contribution in [3.8, 4) is 0 Å². The quantitative estimate of drug-likeness (QED) is 0.774. The Kier molecular flexibility index (Phi) is 4.66. The van der Waals surface area contributed by atoms with Crippen LogP contribution < -0.4 is 0 Å². The van der Waals surface area contributed by atoms with Gasteiger partial charge in [0.05, 0.1) is 0 Å². The van der Waals surface area contributed by atoms with E-state index in [2.05, 4.69) is 15.9 Å². The molecule has 0 saturated carbocycles. The smallest absolute Gasteiger partial charge is 0.325 e. The third-order valence-electron chi connectivity index (χ3n) is 1.74. The molecule has 2 nitrogen and oxygen atoms in total. The van der Waals surface area contributed by atoms with E-state index in [0.29, 0.717) is 17.9 Å². The van der Waals surface area contributed by atoms with Crippen molar-refractivity contribution in [2.75, 3.05) is 0 Å². The number of rotatable bonds is 4. The van der Waals surface area contributed by atoms with Gasteiger partial charge in [-0.2, -0.15) is 0 Å². The van der Waals surface area contributed by atoms with Gasteiger partial charge in [-0.05, 0) is 12.0 Å². The molecule has 75 valence electrons. The van der Waals surface area contributed by atoms with Crippen LogP contribution in [-0.2, 0) is 16.1 Å². The van der Waals surface area contributed by atoms with Crippen molar-refractivity contribution < 1.29 is 9.53 Å². The lowest BCUT2D eigenvalue weighted by atomic mass is 10.2. The minimum atomic E-state index is -0.281. The Morgan fingerprint density at radius 2 is 2.00 bits per heavy atom. The highest BCUT2D eigenvalue weighted by molar-refractivity contribution is 9.11. The van der Waals surface area contributed by atoms with E-state index in [-0.39, 0.29) is 5.97 Å². The van der Waals surface area contributed by atoms with Crippen LogP contribution in [0.4, 0.5) is 0 Å². The Hall–Kier alpha value is -0.830. The van der Waals surface area contributed by atoms with Crippen molar-refractivity contribution >= 4 is 21.9 Å². The van der Waals surface area contributed by atoms with Crippen LogP contribution in [0.15, 0.2) is 30.3 Å². The van der Waals surface area contributed by atoms with E-state index in [4.69, 9.17) is 4.74 Å². The number of esters is 1. The number of carbonyl (C=O) groups is 1. The summed E-state index contributed by atoms with van der Waals surface area (Å²) in [4.78, 5) is 11.8. The van der Waals surface area contributed by atoms with Crippen molar-refractivity contribution in [2.24, 2.45) is 0 Å². The molecule has 0 aromatic heterocycles. The molecule has 0 unspecified atom stereocenters. The summed E-state index contributed by atoms with van der Waals surface area (Å²) in [5, 5.41) is 0. The molecule has 0 fully saturated rings. The molecule has 1 aromatic carbocycles. The van der Waals surface area contributed by atoms with Crippen LogP contribution in [-0.4, -0.2) is 5.97 Å². The largest absolute Gasteiger partial charge is 0.460 e. The topological polar surface area (TPSA) is 26.3 Å². The molecule has 14 heavy (non-hydrogen) atoms. The van der Waals surface area contributed by atoms with E-state index >= 15 is 0 Å². The molecule has 0 aliphatic rings. The first-order chi connectivity index (χ1) is 6.74. The molecule has 0 atom stereocenters. The van der Waals surface area contributed by atoms with Crippen molar-refractivity contribution in [3.05, 3.63) is 40.7 Å². The minimum absolute atomic E-state index is 0.281. The lowest BCUT2D eigenvalue weighted by molar-refractivity contribution is -0.141. The maximum atomic E-state index is 11.2. The zero-order chi connectivity index (χ0) is 10.4. The standard InChI is InChI=1S/C11H12BrO2/c1-2-10(12)11(13)14-8-9-6-4-3-5-7-9/h3-7H,2,8H2,1H3. The number of carbonyl (C=O) groups excluding carboxylic acids is 1. The first-order valence-corrected chi connectivity index (χ1v) is 5.25. The van der Waals surface area contributed by atoms with Gasteiger partial charge >= 0.3 is 5.97 Å². The molecule has 0 aliphatic carbocycles. The molecule has 1 rings (SSSR count). The van der Waals surface area contributed by atoms with Gasteiger partial charge in [0.2, 0.25) is 0 Å². The fraction of sp³-hybridized carbons (Fsp3) is 0.273. The number of halogens is 1. The summed E-state index contributed by atoms with van der Waals surface area (Å²) in [5.41, 5.74) is 0.997. The molecule has 0 N–H and O–H groups in total. The summed E-state index contributed by atoms with van der Waals surface area (Å²) in [6.07, 6.45) is 0.660. The Bertz CT molecular complexity index is 285. The minimum Gasteiger partial charge on any atom is -0.460 e. The highest BCUT2D eigenvalue weighted by atomic mass is 79.9. The maximum absolute atomic E-state index is 11.2. The summed E-state index contributed by atoms with van der Waals surface area (Å²) < 4.78 is 5.06. The van der Waals surface area contributed by atoms with Crippen LogP contribution in [0.25, 0.3) is 0 Å². The average molecular weight is 256 g/mol. The SMILES string of the molecule is CC[C](Br)C(=O)OCc1ccccc1. The summed E-state index contributed by atoms with van der Waals surface area (Å²) in [6, 6.07) is 9.61. The van der Waals surface area contributed by atoms with Crippen LogP contribution in [0.5, 0.6) is 0 Å². The lowest BCUT2D eigenvalue weighted by Gasteiger charge is -2.06. The van der Waals surface area contributed by atoms with Gasteiger partial charge in [-0.3, -0.25) is 4.79 Å². The predicted molar refractivity (Wildman–Crippen MR) is 58.7 cm³/mol. The van der Waals surface area contributed by atoms with Crippen LogP contribution in [0, 0.1) is 4.83 Å². The lowest BCUT2D eigenvalue weighted by Crippen LogP contribution is -2.09. The van der Waals surface area contributed by atoms with Gasteiger partial charge in [-0.25, -0.2) is 0 Å². The van der Waals surface area contributed by atoms with Crippen molar-refractivity contribution in [3.63, 3.8) is 0 Å². The number of hydrogen-bond acceptors (Lipinski definition) is 2. The third-order valence-corrected chi connectivity index (χ3v) is 2.63. The average Bonchev–Trinajstić information content (AvgIpc) is 2.26. The molecule has 1 aromatic rings. The Balaban J connectivity index is 2.38. The van der Waals surface area contributed by atoms with Crippen molar-refractivity contribution in [2.45, 2.75) is 20.0 Å². The molecule has 0 bridgehead atoms. The van der Waals surface area contributed by atoms with Gasteiger partial charge in [0.25, 0.3) is 0 Å². The first kappa shape index (κ1) is 11.2. The van der Waals surface area contributed by atoms with Crippen LogP contribution >= 0.6 is 15.9 Å². The first-order valence-electron chi connectivity index (χ1n) is 4.46. The predicted octanol–water partition coefficient (Wildman–Crippen LogP) is 3.07. The van der Waals surface area contributed by atoms with E-state index < -0.39 is 0 Å². The van der Waals surface area contributed by atoms with Gasteiger partial charge in [-0.1, -0.05) is 53.2 Å². The zero-order valence-corrected chi connectivity index (χ0v) is 9.58. The highest BCUT2D eigenvalue weighted by Crippen LogP contribution is 2.16. The van der Waals surface area contributed by atoms with Crippen LogP contribution in [0.1, 0.15) is 18.9 Å².